The van der Waals surface area contributed by atoms with Gasteiger partial charge in [0.2, 0.25) is 0 Å². The molecule has 0 radical (unpaired) electrons. The van der Waals surface area contributed by atoms with Crippen molar-refractivity contribution >= 4 is 11.7 Å². The second-order valence-corrected chi connectivity index (χ2v) is 3.78. The summed E-state index contributed by atoms with van der Waals surface area (Å²) in [5.41, 5.74) is 1.90. The Hall–Kier alpha value is -2.17. The van der Waals surface area contributed by atoms with Crippen LogP contribution in [0.2, 0.25) is 0 Å². The molecule has 1 amide bonds. The van der Waals surface area contributed by atoms with Gasteiger partial charge in [-0.3, -0.25) is 0 Å². The Kier molecular flexibility index (Phi) is 2.91. The maximum atomic E-state index is 12.9. The van der Waals surface area contributed by atoms with Crippen LogP contribution in [-0.2, 0) is 0 Å². The lowest BCUT2D eigenvalue weighted by Gasteiger charge is -2.06. The van der Waals surface area contributed by atoms with E-state index in [9.17, 15) is 9.18 Å². The fourth-order valence-corrected chi connectivity index (χ4v) is 1.58. The summed E-state index contributed by atoms with van der Waals surface area (Å²) in [6.45, 7) is 3.59. The van der Waals surface area contributed by atoms with Crippen LogP contribution in [0, 0.1) is 19.7 Å². The lowest BCUT2D eigenvalue weighted by atomic mass is 10.3. The van der Waals surface area contributed by atoms with Gasteiger partial charge in [0.05, 0.1) is 5.69 Å². The van der Waals surface area contributed by atoms with Crippen LogP contribution >= 0.6 is 0 Å². The Balaban J connectivity index is 2.20. The largest absolute Gasteiger partial charge is 0.346 e. The molecule has 0 spiro atoms. The van der Waals surface area contributed by atoms with Crippen LogP contribution in [0.3, 0.4) is 0 Å². The molecule has 0 bridgehead atoms. The highest BCUT2D eigenvalue weighted by Crippen LogP contribution is 2.10. The summed E-state index contributed by atoms with van der Waals surface area (Å²) in [5.74, 6) is -0.392. The molecule has 1 aromatic carbocycles. The van der Waals surface area contributed by atoms with E-state index in [4.69, 9.17) is 0 Å². The summed E-state index contributed by atoms with van der Waals surface area (Å²) >= 11 is 0. The monoisotopic (exact) mass is 233 g/mol. The van der Waals surface area contributed by atoms with Crippen LogP contribution in [0.1, 0.15) is 11.4 Å². The highest BCUT2D eigenvalue weighted by molar-refractivity contribution is 5.90. The fraction of sp³-hybridized carbons (Fsp3) is 0.167. The fourth-order valence-electron chi connectivity index (χ4n) is 1.58. The maximum absolute atomic E-state index is 12.9. The van der Waals surface area contributed by atoms with Gasteiger partial charge in [0.1, 0.15) is 5.82 Å². The predicted molar refractivity (Wildman–Crippen MR) is 62.5 cm³/mol. The van der Waals surface area contributed by atoms with Crippen molar-refractivity contribution in [2.45, 2.75) is 13.8 Å². The Morgan fingerprint density at radius 1 is 1.35 bits per heavy atom. The minimum atomic E-state index is -0.402. The number of carbonyl (C=O) groups excluding carboxylic acids is 1. The van der Waals surface area contributed by atoms with Crippen molar-refractivity contribution in [3.05, 3.63) is 47.5 Å². The molecule has 2 rings (SSSR count). The third-order valence-corrected chi connectivity index (χ3v) is 2.28. The van der Waals surface area contributed by atoms with Gasteiger partial charge in [-0.2, -0.15) is 9.78 Å². The molecule has 1 N–H and O–H groups in total. The zero-order valence-corrected chi connectivity index (χ0v) is 9.57. The number of benzene rings is 1. The second-order valence-electron chi connectivity index (χ2n) is 3.78. The number of anilines is 1. The van der Waals surface area contributed by atoms with Gasteiger partial charge < -0.3 is 5.32 Å². The van der Waals surface area contributed by atoms with Crippen LogP contribution in [-0.4, -0.2) is 15.8 Å². The molecule has 0 aliphatic rings. The van der Waals surface area contributed by atoms with Gasteiger partial charge in [-0.15, -0.1) is 0 Å². The van der Waals surface area contributed by atoms with Crippen molar-refractivity contribution in [2.75, 3.05) is 5.32 Å². The topological polar surface area (TPSA) is 46.9 Å². The van der Waals surface area contributed by atoms with Gasteiger partial charge >= 0.3 is 6.03 Å². The van der Waals surface area contributed by atoms with E-state index in [1.165, 1.54) is 22.9 Å². The number of amides is 1. The number of aryl methyl sites for hydroxylation is 2. The molecule has 1 aromatic heterocycles. The number of hydrogen-bond donors (Lipinski definition) is 1. The quantitative estimate of drug-likeness (QED) is 0.823. The van der Waals surface area contributed by atoms with E-state index in [0.29, 0.717) is 5.69 Å². The first-order valence-corrected chi connectivity index (χ1v) is 5.16. The minimum Gasteiger partial charge on any atom is -0.306 e. The predicted octanol–water partition coefficient (Wildman–Crippen LogP) is 2.72. The average molecular weight is 233 g/mol. The van der Waals surface area contributed by atoms with E-state index < -0.39 is 11.8 Å². The lowest BCUT2D eigenvalue weighted by molar-refractivity contribution is 0.250. The summed E-state index contributed by atoms with van der Waals surface area (Å²) in [4.78, 5) is 11.8. The molecule has 0 unspecified atom stereocenters. The standard InChI is InChI=1S/C12H12FN3O/c1-8-6-9(2)16(15-8)12(17)14-11-5-3-4-10(13)7-11/h3-7H,1-2H3,(H,14,17). The van der Waals surface area contributed by atoms with Crippen molar-refractivity contribution in [3.8, 4) is 0 Å². The van der Waals surface area contributed by atoms with Crippen molar-refractivity contribution in [3.63, 3.8) is 0 Å². The summed E-state index contributed by atoms with van der Waals surface area (Å²) in [5, 5.41) is 6.61. The molecular weight excluding hydrogens is 221 g/mol. The zero-order valence-electron chi connectivity index (χ0n) is 9.57. The Bertz CT molecular complexity index is 563. The second kappa shape index (κ2) is 4.37. The van der Waals surface area contributed by atoms with Gasteiger partial charge in [0.15, 0.2) is 0 Å². The molecule has 88 valence electrons. The molecule has 0 atom stereocenters. The lowest BCUT2D eigenvalue weighted by Crippen LogP contribution is -2.21. The van der Waals surface area contributed by atoms with Crippen molar-refractivity contribution in [1.29, 1.82) is 0 Å². The third kappa shape index (κ3) is 2.50. The van der Waals surface area contributed by atoms with Crippen molar-refractivity contribution < 1.29 is 9.18 Å². The van der Waals surface area contributed by atoms with E-state index in [-0.39, 0.29) is 0 Å². The molecular formula is C12H12FN3O. The smallest absolute Gasteiger partial charge is 0.306 e. The Morgan fingerprint density at radius 2 is 2.12 bits per heavy atom. The van der Waals surface area contributed by atoms with Gasteiger partial charge in [-0.25, -0.2) is 9.18 Å². The molecule has 2 aromatic rings. The number of halogens is 1. The number of nitrogens with one attached hydrogen (secondary N) is 1. The summed E-state index contributed by atoms with van der Waals surface area (Å²) in [7, 11) is 0. The number of aromatic nitrogens is 2. The molecule has 0 saturated carbocycles. The SMILES string of the molecule is Cc1cc(C)n(C(=O)Nc2cccc(F)c2)n1. The molecule has 0 saturated heterocycles. The molecule has 17 heavy (non-hydrogen) atoms. The van der Waals surface area contributed by atoms with Crippen LogP contribution in [0.5, 0.6) is 0 Å². The van der Waals surface area contributed by atoms with Crippen molar-refractivity contribution in [1.82, 2.24) is 9.78 Å². The number of nitrogens with zero attached hydrogens (tertiary/aromatic N) is 2. The van der Waals surface area contributed by atoms with Gasteiger partial charge in [0, 0.05) is 11.4 Å². The third-order valence-electron chi connectivity index (χ3n) is 2.28. The molecule has 4 nitrogen and oxygen atoms in total. The van der Waals surface area contributed by atoms with Crippen LogP contribution in [0.4, 0.5) is 14.9 Å². The summed E-state index contributed by atoms with van der Waals surface area (Å²) in [6.07, 6.45) is 0. The van der Waals surface area contributed by atoms with E-state index in [2.05, 4.69) is 10.4 Å². The maximum Gasteiger partial charge on any atom is 0.346 e. The van der Waals surface area contributed by atoms with Crippen LogP contribution < -0.4 is 5.32 Å². The van der Waals surface area contributed by atoms with E-state index >= 15 is 0 Å². The van der Waals surface area contributed by atoms with Crippen LogP contribution in [0.25, 0.3) is 0 Å². The Morgan fingerprint density at radius 3 is 2.71 bits per heavy atom. The first kappa shape index (κ1) is 11.3. The summed E-state index contributed by atoms with van der Waals surface area (Å²) < 4.78 is 14.2. The number of rotatable bonds is 1. The van der Waals surface area contributed by atoms with E-state index in [0.717, 1.165) is 11.4 Å². The van der Waals surface area contributed by atoms with E-state index in [1.54, 1.807) is 26.0 Å². The number of hydrogen-bond acceptors (Lipinski definition) is 2. The number of carbonyl (C=O) groups is 1. The average Bonchev–Trinajstić information content (AvgIpc) is 2.58. The molecule has 0 aliphatic heterocycles. The molecule has 5 heteroatoms. The van der Waals surface area contributed by atoms with Gasteiger partial charge in [-0.1, -0.05) is 6.07 Å². The Labute approximate surface area is 98.1 Å². The molecule has 0 aliphatic carbocycles. The highest BCUT2D eigenvalue weighted by Gasteiger charge is 2.10. The molecule has 0 fully saturated rings. The highest BCUT2D eigenvalue weighted by atomic mass is 19.1. The first-order valence-electron chi connectivity index (χ1n) is 5.16. The van der Waals surface area contributed by atoms with Gasteiger partial charge in [-0.05, 0) is 38.1 Å². The van der Waals surface area contributed by atoms with Gasteiger partial charge in [0.25, 0.3) is 0 Å². The molecule has 1 heterocycles. The minimum absolute atomic E-state index is 0.392. The summed E-state index contributed by atoms with van der Waals surface area (Å²) in [6, 6.07) is 7.12. The van der Waals surface area contributed by atoms with Crippen molar-refractivity contribution in [2.24, 2.45) is 0 Å². The zero-order chi connectivity index (χ0) is 12.4. The normalized spacial score (nSPS) is 10.3. The van der Waals surface area contributed by atoms with E-state index in [1.807, 2.05) is 0 Å². The van der Waals surface area contributed by atoms with Crippen LogP contribution in [0.15, 0.2) is 30.3 Å². The first-order chi connectivity index (χ1) is 8.06.